The highest BCUT2D eigenvalue weighted by molar-refractivity contribution is 6.30. The van der Waals surface area contributed by atoms with Crippen molar-refractivity contribution in [3.05, 3.63) is 88.7 Å². The lowest BCUT2D eigenvalue weighted by molar-refractivity contribution is 0.0540. The van der Waals surface area contributed by atoms with Crippen molar-refractivity contribution in [2.45, 2.75) is 52.6 Å². The Bertz CT molecular complexity index is 1100. The molecule has 1 amide bonds. The molecule has 0 radical (unpaired) electrons. The maximum atomic E-state index is 13.6. The number of aryl methyl sites for hydroxylation is 1. The summed E-state index contributed by atoms with van der Waals surface area (Å²) in [6.07, 6.45) is 4.99. The van der Waals surface area contributed by atoms with Crippen LogP contribution in [0, 0.1) is 12.8 Å². The molecule has 1 aliphatic rings. The van der Waals surface area contributed by atoms with E-state index in [1.54, 1.807) is 6.20 Å². The lowest BCUT2D eigenvalue weighted by atomic mass is 9.99. The zero-order valence-electron chi connectivity index (χ0n) is 21.1. The van der Waals surface area contributed by atoms with Gasteiger partial charge in [-0.15, -0.1) is 0 Å². The highest BCUT2D eigenvalue weighted by Crippen LogP contribution is 2.25. The molecule has 0 bridgehead atoms. The molecular formula is C30H36ClN3O. The maximum Gasteiger partial charge on any atom is 0.272 e. The number of aromatic nitrogens is 1. The normalized spacial score (nSPS) is 14.9. The molecule has 1 aliphatic heterocycles. The first kappa shape index (κ1) is 25.4. The lowest BCUT2D eigenvalue weighted by Gasteiger charge is -2.38. The zero-order valence-corrected chi connectivity index (χ0v) is 21.8. The zero-order chi connectivity index (χ0) is 24.8. The largest absolute Gasteiger partial charge is 0.330 e. The first-order valence-corrected chi connectivity index (χ1v) is 13.1. The van der Waals surface area contributed by atoms with E-state index in [9.17, 15) is 4.79 Å². The molecule has 0 saturated carbocycles. The number of amides is 1. The molecule has 4 nitrogen and oxygen atoms in total. The van der Waals surface area contributed by atoms with Crippen molar-refractivity contribution in [2.24, 2.45) is 5.92 Å². The number of pyridine rings is 1. The van der Waals surface area contributed by atoms with Gasteiger partial charge in [0.1, 0.15) is 5.69 Å². The minimum Gasteiger partial charge on any atom is -0.330 e. The third kappa shape index (κ3) is 6.93. The highest BCUT2D eigenvalue weighted by Gasteiger charge is 2.29. The number of carbonyl (C=O) groups excluding carboxylic acids is 1. The molecule has 5 heteroatoms. The Balaban J connectivity index is 1.50. The van der Waals surface area contributed by atoms with Crippen LogP contribution in [-0.4, -0.2) is 46.4 Å². The average molecular weight is 490 g/mol. The molecular weight excluding hydrogens is 454 g/mol. The van der Waals surface area contributed by atoms with Gasteiger partial charge in [0.05, 0.1) is 0 Å². The van der Waals surface area contributed by atoms with Gasteiger partial charge in [0.25, 0.3) is 5.91 Å². The van der Waals surface area contributed by atoms with Gasteiger partial charge in [-0.3, -0.25) is 9.78 Å². The number of hydrogen-bond acceptors (Lipinski definition) is 3. The fourth-order valence-electron chi connectivity index (χ4n) is 4.67. The monoisotopic (exact) mass is 489 g/mol. The molecule has 0 unspecified atom stereocenters. The number of benzene rings is 2. The van der Waals surface area contributed by atoms with Gasteiger partial charge in [-0.1, -0.05) is 67.9 Å². The third-order valence-electron chi connectivity index (χ3n) is 6.88. The maximum absolute atomic E-state index is 13.6. The van der Waals surface area contributed by atoms with Crippen LogP contribution in [-0.2, 0) is 6.54 Å². The summed E-state index contributed by atoms with van der Waals surface area (Å²) in [6.45, 7) is 10.3. The van der Waals surface area contributed by atoms with Crippen molar-refractivity contribution in [3.8, 4) is 11.1 Å². The molecule has 2 aromatic carbocycles. The second-order valence-corrected chi connectivity index (χ2v) is 10.6. The molecule has 0 N–H and O–H groups in total. The molecule has 3 aromatic rings. The number of carbonyl (C=O) groups is 1. The summed E-state index contributed by atoms with van der Waals surface area (Å²) in [6, 6.07) is 20.4. The van der Waals surface area contributed by atoms with Gasteiger partial charge in [0.15, 0.2) is 0 Å². The Morgan fingerprint density at radius 2 is 1.80 bits per heavy atom. The molecule has 2 heterocycles. The minimum atomic E-state index is 0.0181. The molecule has 1 saturated heterocycles. The third-order valence-corrected chi connectivity index (χ3v) is 7.11. The van der Waals surface area contributed by atoms with Crippen LogP contribution in [0.15, 0.2) is 66.9 Å². The number of rotatable bonds is 8. The van der Waals surface area contributed by atoms with Crippen LogP contribution >= 0.6 is 11.6 Å². The number of halogens is 1. The fraction of sp³-hybridized carbons (Fsp3) is 0.400. The minimum absolute atomic E-state index is 0.0181. The van der Waals surface area contributed by atoms with Crippen LogP contribution < -0.4 is 0 Å². The summed E-state index contributed by atoms with van der Waals surface area (Å²) < 4.78 is 0. The molecule has 4 rings (SSSR count). The predicted molar refractivity (Wildman–Crippen MR) is 145 cm³/mol. The Hall–Kier alpha value is -2.69. The molecule has 184 valence electrons. The molecule has 1 aromatic heterocycles. The standard InChI is InChI=1S/C30H36ClN3O/c1-22(2)13-16-33-17-14-28(15-18-33)34(30(35)29-12-7-23(3)20-32-29)21-24-8-10-25(11-9-24)26-5-4-6-27(31)19-26/h4-12,19-20,22,28H,13-18,21H2,1-3H3. The summed E-state index contributed by atoms with van der Waals surface area (Å²) >= 11 is 6.18. The van der Waals surface area contributed by atoms with Crippen LogP contribution in [0.1, 0.15) is 54.7 Å². The Kier molecular flexibility index (Phi) is 8.59. The topological polar surface area (TPSA) is 36.4 Å². The Morgan fingerprint density at radius 1 is 1.06 bits per heavy atom. The van der Waals surface area contributed by atoms with Gasteiger partial charge in [-0.2, -0.15) is 0 Å². The van der Waals surface area contributed by atoms with Crippen molar-refractivity contribution in [1.29, 1.82) is 0 Å². The van der Waals surface area contributed by atoms with Crippen molar-refractivity contribution >= 4 is 17.5 Å². The van der Waals surface area contributed by atoms with E-state index in [1.807, 2.05) is 42.2 Å². The van der Waals surface area contributed by atoms with E-state index in [2.05, 4.69) is 54.1 Å². The van der Waals surface area contributed by atoms with Gasteiger partial charge in [0, 0.05) is 36.9 Å². The number of piperidine rings is 1. The van der Waals surface area contributed by atoms with Crippen molar-refractivity contribution < 1.29 is 4.79 Å². The molecule has 0 atom stereocenters. The van der Waals surface area contributed by atoms with Gasteiger partial charge >= 0.3 is 0 Å². The second kappa shape index (κ2) is 11.8. The van der Waals surface area contributed by atoms with Gasteiger partial charge in [-0.25, -0.2) is 0 Å². The van der Waals surface area contributed by atoms with Gasteiger partial charge in [0.2, 0.25) is 0 Å². The van der Waals surface area contributed by atoms with Crippen molar-refractivity contribution in [3.63, 3.8) is 0 Å². The van der Waals surface area contributed by atoms with E-state index in [-0.39, 0.29) is 11.9 Å². The molecule has 1 fully saturated rings. The summed E-state index contributed by atoms with van der Waals surface area (Å²) in [4.78, 5) is 22.7. The van der Waals surface area contributed by atoms with E-state index in [0.717, 1.165) is 59.8 Å². The van der Waals surface area contributed by atoms with E-state index in [0.29, 0.717) is 18.2 Å². The van der Waals surface area contributed by atoms with Crippen LogP contribution in [0.5, 0.6) is 0 Å². The molecule has 0 aliphatic carbocycles. The summed E-state index contributed by atoms with van der Waals surface area (Å²) in [5.41, 5.74) is 4.91. The van der Waals surface area contributed by atoms with E-state index in [1.165, 1.54) is 6.42 Å². The summed E-state index contributed by atoms with van der Waals surface area (Å²) in [7, 11) is 0. The van der Waals surface area contributed by atoms with Gasteiger partial charge in [-0.05, 0) is 79.1 Å². The van der Waals surface area contributed by atoms with Crippen LogP contribution in [0.25, 0.3) is 11.1 Å². The van der Waals surface area contributed by atoms with Crippen molar-refractivity contribution in [1.82, 2.24) is 14.8 Å². The first-order valence-electron chi connectivity index (χ1n) is 12.7. The van der Waals surface area contributed by atoms with E-state index < -0.39 is 0 Å². The Labute approximate surface area is 214 Å². The Morgan fingerprint density at radius 3 is 2.43 bits per heavy atom. The van der Waals surface area contributed by atoms with E-state index >= 15 is 0 Å². The fourth-order valence-corrected chi connectivity index (χ4v) is 4.86. The summed E-state index contributed by atoms with van der Waals surface area (Å²) in [5, 5.41) is 0.730. The highest BCUT2D eigenvalue weighted by atomic mass is 35.5. The first-order chi connectivity index (χ1) is 16.9. The van der Waals surface area contributed by atoms with Crippen LogP contribution in [0.4, 0.5) is 0 Å². The van der Waals surface area contributed by atoms with E-state index in [4.69, 9.17) is 11.6 Å². The van der Waals surface area contributed by atoms with Gasteiger partial charge < -0.3 is 9.80 Å². The molecule has 0 spiro atoms. The number of likely N-dealkylation sites (tertiary alicyclic amines) is 1. The predicted octanol–water partition coefficient (Wildman–Crippen LogP) is 6.86. The lowest BCUT2D eigenvalue weighted by Crippen LogP contribution is -2.47. The smallest absolute Gasteiger partial charge is 0.272 e. The average Bonchev–Trinajstić information content (AvgIpc) is 2.87. The SMILES string of the molecule is Cc1ccc(C(=O)N(Cc2ccc(-c3cccc(Cl)c3)cc2)C2CCN(CCC(C)C)CC2)nc1. The quantitative estimate of drug-likeness (QED) is 0.346. The number of nitrogens with zero attached hydrogens (tertiary/aromatic N) is 3. The second-order valence-electron chi connectivity index (χ2n) is 10.1. The summed E-state index contributed by atoms with van der Waals surface area (Å²) in [5.74, 6) is 0.734. The van der Waals surface area contributed by atoms with Crippen LogP contribution in [0.3, 0.4) is 0 Å². The van der Waals surface area contributed by atoms with Crippen molar-refractivity contribution in [2.75, 3.05) is 19.6 Å². The van der Waals surface area contributed by atoms with Crippen LogP contribution in [0.2, 0.25) is 5.02 Å². The molecule has 35 heavy (non-hydrogen) atoms. The number of hydrogen-bond donors (Lipinski definition) is 0.